The van der Waals surface area contributed by atoms with Crippen LogP contribution in [0.4, 0.5) is 20.2 Å². The second-order valence-corrected chi connectivity index (χ2v) is 5.72. The Kier molecular flexibility index (Phi) is 5.09. The Hall–Kier alpha value is -1.72. The Labute approximate surface area is 122 Å². The molecule has 0 amide bonds. The Morgan fingerprint density at radius 1 is 1.19 bits per heavy atom. The van der Waals surface area contributed by atoms with E-state index in [2.05, 4.69) is 12.2 Å². The standard InChI is InChI=1S/C15H20F2N2O2/c1-2-10-3-5-11(6-4-10)9-18-15-13(16)7-12(19(20)21)8-14(15)17/h7-8,10-11,18H,2-6,9H2,1H3. The molecule has 1 aliphatic rings. The summed E-state index contributed by atoms with van der Waals surface area (Å²) in [6.07, 6.45) is 5.62. The predicted molar refractivity (Wildman–Crippen MR) is 77.2 cm³/mol. The van der Waals surface area contributed by atoms with Crippen molar-refractivity contribution < 1.29 is 13.7 Å². The zero-order valence-corrected chi connectivity index (χ0v) is 12.1. The lowest BCUT2D eigenvalue weighted by Crippen LogP contribution is -2.21. The lowest BCUT2D eigenvalue weighted by Gasteiger charge is -2.28. The summed E-state index contributed by atoms with van der Waals surface area (Å²) in [5, 5.41) is 13.3. The van der Waals surface area contributed by atoms with Gasteiger partial charge in [-0.3, -0.25) is 10.1 Å². The minimum Gasteiger partial charge on any atom is -0.380 e. The molecular weight excluding hydrogens is 278 g/mol. The normalized spacial score (nSPS) is 22.0. The van der Waals surface area contributed by atoms with Gasteiger partial charge in [0.1, 0.15) is 5.69 Å². The predicted octanol–water partition coefficient (Wildman–Crippen LogP) is 4.50. The van der Waals surface area contributed by atoms with Crippen molar-refractivity contribution in [1.82, 2.24) is 0 Å². The monoisotopic (exact) mass is 298 g/mol. The Balaban J connectivity index is 1.96. The van der Waals surface area contributed by atoms with Gasteiger partial charge in [0.25, 0.3) is 5.69 Å². The van der Waals surface area contributed by atoms with Crippen molar-refractivity contribution in [1.29, 1.82) is 0 Å². The number of hydrogen-bond donors (Lipinski definition) is 1. The van der Waals surface area contributed by atoms with Gasteiger partial charge in [0.05, 0.1) is 17.1 Å². The average molecular weight is 298 g/mol. The third-order valence-electron chi connectivity index (χ3n) is 4.35. The first kappa shape index (κ1) is 15.7. The third kappa shape index (κ3) is 3.89. The second-order valence-electron chi connectivity index (χ2n) is 5.72. The molecule has 1 aliphatic carbocycles. The van der Waals surface area contributed by atoms with E-state index in [-0.39, 0.29) is 5.69 Å². The molecule has 0 heterocycles. The molecule has 1 aromatic rings. The number of halogens is 2. The fourth-order valence-corrected chi connectivity index (χ4v) is 2.92. The summed E-state index contributed by atoms with van der Waals surface area (Å²) in [6.45, 7) is 2.69. The maximum absolute atomic E-state index is 13.7. The van der Waals surface area contributed by atoms with Crippen LogP contribution in [-0.2, 0) is 0 Å². The van der Waals surface area contributed by atoms with E-state index in [9.17, 15) is 18.9 Å². The highest BCUT2D eigenvalue weighted by Gasteiger charge is 2.22. The van der Waals surface area contributed by atoms with Gasteiger partial charge < -0.3 is 5.32 Å². The van der Waals surface area contributed by atoms with E-state index in [1.807, 2.05) is 0 Å². The van der Waals surface area contributed by atoms with Crippen LogP contribution in [-0.4, -0.2) is 11.5 Å². The molecule has 0 aliphatic heterocycles. The minimum atomic E-state index is -0.913. The molecule has 0 aromatic heterocycles. The van der Waals surface area contributed by atoms with Gasteiger partial charge in [-0.25, -0.2) is 8.78 Å². The van der Waals surface area contributed by atoms with Crippen LogP contribution in [0.5, 0.6) is 0 Å². The summed E-state index contributed by atoms with van der Waals surface area (Å²) in [5.74, 6) is -0.649. The van der Waals surface area contributed by atoms with Gasteiger partial charge in [0.2, 0.25) is 0 Å². The van der Waals surface area contributed by atoms with Crippen LogP contribution in [0.1, 0.15) is 39.0 Å². The first-order chi connectivity index (χ1) is 10.0. The second kappa shape index (κ2) is 6.83. The van der Waals surface area contributed by atoms with Crippen molar-refractivity contribution in [2.24, 2.45) is 11.8 Å². The van der Waals surface area contributed by atoms with Crippen molar-refractivity contribution in [3.05, 3.63) is 33.9 Å². The number of nitro benzene ring substituents is 1. The molecule has 0 atom stereocenters. The van der Waals surface area contributed by atoms with Crippen molar-refractivity contribution in [3.8, 4) is 0 Å². The molecule has 1 saturated carbocycles. The van der Waals surface area contributed by atoms with Crippen LogP contribution in [0.3, 0.4) is 0 Å². The summed E-state index contributed by atoms with van der Waals surface area (Å²) in [7, 11) is 0. The van der Waals surface area contributed by atoms with Gasteiger partial charge in [-0.15, -0.1) is 0 Å². The summed E-state index contributed by atoms with van der Waals surface area (Å²) in [4.78, 5) is 9.73. The highest BCUT2D eigenvalue weighted by molar-refractivity contribution is 5.51. The quantitative estimate of drug-likeness (QED) is 0.643. The smallest absolute Gasteiger partial charge is 0.275 e. The molecule has 0 bridgehead atoms. The van der Waals surface area contributed by atoms with Gasteiger partial charge >= 0.3 is 0 Å². The molecule has 1 aromatic carbocycles. The topological polar surface area (TPSA) is 55.2 Å². The summed E-state index contributed by atoms with van der Waals surface area (Å²) in [5.41, 5.74) is -0.836. The highest BCUT2D eigenvalue weighted by Crippen LogP contribution is 2.31. The molecule has 0 saturated heterocycles. The van der Waals surface area contributed by atoms with Crippen molar-refractivity contribution in [2.75, 3.05) is 11.9 Å². The molecule has 0 spiro atoms. The lowest BCUT2D eigenvalue weighted by molar-refractivity contribution is -0.385. The number of nitrogens with one attached hydrogen (secondary N) is 1. The van der Waals surface area contributed by atoms with Crippen LogP contribution in [0.25, 0.3) is 0 Å². The zero-order chi connectivity index (χ0) is 15.4. The van der Waals surface area contributed by atoms with E-state index in [0.29, 0.717) is 12.5 Å². The van der Waals surface area contributed by atoms with Crippen LogP contribution in [0.15, 0.2) is 12.1 Å². The van der Waals surface area contributed by atoms with Crippen molar-refractivity contribution in [3.63, 3.8) is 0 Å². The molecule has 21 heavy (non-hydrogen) atoms. The third-order valence-corrected chi connectivity index (χ3v) is 4.35. The number of nitrogens with zero attached hydrogens (tertiary/aromatic N) is 1. The molecule has 0 radical (unpaired) electrons. The molecule has 1 fully saturated rings. The van der Waals surface area contributed by atoms with E-state index < -0.39 is 22.2 Å². The van der Waals surface area contributed by atoms with E-state index in [4.69, 9.17) is 0 Å². The summed E-state index contributed by atoms with van der Waals surface area (Å²) in [6, 6.07) is 1.50. The molecule has 1 N–H and O–H groups in total. The number of benzene rings is 1. The van der Waals surface area contributed by atoms with Gasteiger partial charge in [0, 0.05) is 6.54 Å². The van der Waals surface area contributed by atoms with Crippen LogP contribution < -0.4 is 5.32 Å². The fourth-order valence-electron chi connectivity index (χ4n) is 2.92. The highest BCUT2D eigenvalue weighted by atomic mass is 19.1. The maximum Gasteiger partial charge on any atom is 0.275 e. The SMILES string of the molecule is CCC1CCC(CNc2c(F)cc([N+](=O)[O-])cc2F)CC1. The van der Waals surface area contributed by atoms with Crippen LogP contribution >= 0.6 is 0 Å². The van der Waals surface area contributed by atoms with Gasteiger partial charge in [0.15, 0.2) is 11.6 Å². The number of hydrogen-bond acceptors (Lipinski definition) is 3. The zero-order valence-electron chi connectivity index (χ0n) is 12.1. The fraction of sp³-hybridized carbons (Fsp3) is 0.600. The minimum absolute atomic E-state index is 0.266. The Morgan fingerprint density at radius 2 is 1.71 bits per heavy atom. The molecule has 6 heteroatoms. The molecule has 0 unspecified atom stereocenters. The first-order valence-electron chi connectivity index (χ1n) is 7.38. The lowest BCUT2D eigenvalue weighted by atomic mass is 9.81. The van der Waals surface area contributed by atoms with E-state index in [0.717, 1.165) is 43.7 Å². The summed E-state index contributed by atoms with van der Waals surface area (Å²) < 4.78 is 27.5. The molecule has 2 rings (SSSR count). The Morgan fingerprint density at radius 3 is 2.19 bits per heavy atom. The van der Waals surface area contributed by atoms with E-state index in [1.54, 1.807) is 0 Å². The number of nitro groups is 1. The number of non-ortho nitro benzene ring substituents is 1. The molecular formula is C15H20F2N2O2. The maximum atomic E-state index is 13.7. The number of rotatable bonds is 5. The van der Waals surface area contributed by atoms with E-state index in [1.165, 1.54) is 6.42 Å². The van der Waals surface area contributed by atoms with Crippen LogP contribution in [0.2, 0.25) is 0 Å². The van der Waals surface area contributed by atoms with Gasteiger partial charge in [-0.05, 0) is 24.7 Å². The van der Waals surface area contributed by atoms with Crippen molar-refractivity contribution >= 4 is 11.4 Å². The average Bonchev–Trinajstić information content (AvgIpc) is 2.46. The van der Waals surface area contributed by atoms with Gasteiger partial charge in [-0.2, -0.15) is 0 Å². The largest absolute Gasteiger partial charge is 0.380 e. The molecule has 4 nitrogen and oxygen atoms in total. The molecule has 116 valence electrons. The van der Waals surface area contributed by atoms with E-state index >= 15 is 0 Å². The Bertz CT molecular complexity index is 491. The number of anilines is 1. The first-order valence-corrected chi connectivity index (χ1v) is 7.38. The summed E-state index contributed by atoms with van der Waals surface area (Å²) >= 11 is 0. The van der Waals surface area contributed by atoms with Gasteiger partial charge in [-0.1, -0.05) is 26.2 Å². The van der Waals surface area contributed by atoms with Crippen molar-refractivity contribution in [2.45, 2.75) is 39.0 Å². The van der Waals surface area contributed by atoms with Crippen LogP contribution in [0, 0.1) is 33.6 Å².